The van der Waals surface area contributed by atoms with Crippen LogP contribution in [0.5, 0.6) is 0 Å². The molecule has 1 aromatic carbocycles. The van der Waals surface area contributed by atoms with Crippen molar-refractivity contribution in [2.24, 2.45) is 0 Å². The molecule has 3 saturated heterocycles. The van der Waals surface area contributed by atoms with Gasteiger partial charge in [-0.15, -0.1) is 0 Å². The van der Waals surface area contributed by atoms with E-state index in [9.17, 15) is 4.79 Å². The highest BCUT2D eigenvalue weighted by molar-refractivity contribution is 6.33. The van der Waals surface area contributed by atoms with Crippen LogP contribution in [0.3, 0.4) is 0 Å². The van der Waals surface area contributed by atoms with E-state index in [4.69, 9.17) is 20.9 Å². The molecule has 9 heteroatoms. The minimum absolute atomic E-state index is 0.0859. The summed E-state index contributed by atoms with van der Waals surface area (Å²) in [4.78, 5) is 22.4. The molecule has 0 bridgehead atoms. The smallest absolute Gasteiger partial charge is 0.321 e. The number of amides is 2. The second-order valence-corrected chi connectivity index (χ2v) is 11.3. The van der Waals surface area contributed by atoms with Gasteiger partial charge in [-0.1, -0.05) is 35.8 Å². The molecule has 8 nitrogen and oxygen atoms in total. The zero-order chi connectivity index (χ0) is 24.0. The summed E-state index contributed by atoms with van der Waals surface area (Å²) >= 11 is 6.61. The number of carbonyl (C=O) groups is 1. The lowest BCUT2D eigenvalue weighted by atomic mass is 9.79. The Balaban J connectivity index is 1.09. The average molecular weight is 500 g/mol. The monoisotopic (exact) mass is 499 g/mol. The van der Waals surface area contributed by atoms with Gasteiger partial charge in [0.1, 0.15) is 0 Å². The normalized spacial score (nSPS) is 23.8. The van der Waals surface area contributed by atoms with Gasteiger partial charge in [-0.2, -0.15) is 4.98 Å². The number of nitrogens with one attached hydrogen (secondary N) is 1. The van der Waals surface area contributed by atoms with Gasteiger partial charge in [0.05, 0.1) is 30.0 Å². The van der Waals surface area contributed by atoms with E-state index in [0.29, 0.717) is 36.0 Å². The number of para-hydroxylation sites is 1. The minimum atomic E-state index is -0.164. The Morgan fingerprint density at radius 3 is 2.49 bits per heavy atom. The van der Waals surface area contributed by atoms with Gasteiger partial charge in [0.25, 0.3) is 0 Å². The summed E-state index contributed by atoms with van der Waals surface area (Å²) in [6.45, 7) is 7.30. The largest absolute Gasteiger partial charge is 0.378 e. The molecule has 0 spiro atoms. The van der Waals surface area contributed by atoms with E-state index in [1.54, 1.807) is 0 Å². The number of rotatable bonds is 5. The van der Waals surface area contributed by atoms with E-state index in [0.717, 1.165) is 87.8 Å². The van der Waals surface area contributed by atoms with Crippen LogP contribution in [0, 0.1) is 0 Å². The number of carbonyl (C=O) groups excluding carboxylic acids is 1. The number of likely N-dealkylation sites (tertiary alicyclic amines) is 2. The predicted octanol–water partition coefficient (Wildman–Crippen LogP) is 4.76. The van der Waals surface area contributed by atoms with Crippen molar-refractivity contribution in [3.05, 3.63) is 40.5 Å². The van der Waals surface area contributed by atoms with Gasteiger partial charge in [0, 0.05) is 24.4 Å². The number of aromatic nitrogens is 2. The highest BCUT2D eigenvalue weighted by atomic mass is 35.5. The fraction of sp³-hybridized carbons (Fsp3) is 0.654. The Morgan fingerprint density at radius 1 is 1.09 bits per heavy atom. The number of ether oxygens (including phenoxy) is 1. The van der Waals surface area contributed by atoms with Crippen molar-refractivity contribution < 1.29 is 14.1 Å². The maximum atomic E-state index is 13.3. The van der Waals surface area contributed by atoms with Crippen molar-refractivity contribution >= 4 is 23.3 Å². The van der Waals surface area contributed by atoms with Gasteiger partial charge in [0.15, 0.2) is 5.82 Å². The van der Waals surface area contributed by atoms with Crippen molar-refractivity contribution in [2.45, 2.75) is 68.7 Å². The third-order valence-electron chi connectivity index (χ3n) is 8.45. The van der Waals surface area contributed by atoms with Crippen molar-refractivity contribution in [3.63, 3.8) is 0 Å². The summed E-state index contributed by atoms with van der Waals surface area (Å²) in [7, 11) is 0. The molecule has 1 aromatic heterocycles. The van der Waals surface area contributed by atoms with Crippen LogP contribution >= 0.6 is 11.6 Å². The third-order valence-corrected chi connectivity index (χ3v) is 8.76. The number of halogens is 1. The van der Waals surface area contributed by atoms with E-state index in [2.05, 4.69) is 33.3 Å². The number of urea groups is 1. The Bertz CT molecular complexity index is 1070. The van der Waals surface area contributed by atoms with Crippen molar-refractivity contribution in [2.75, 3.05) is 44.7 Å². The highest BCUT2D eigenvalue weighted by Gasteiger charge is 2.39. The molecule has 6 rings (SSSR count). The molecule has 2 aromatic rings. The summed E-state index contributed by atoms with van der Waals surface area (Å²) in [5.74, 6) is 2.41. The van der Waals surface area contributed by atoms with Gasteiger partial charge in [0.2, 0.25) is 5.89 Å². The Morgan fingerprint density at radius 2 is 1.83 bits per heavy atom. The number of benzene rings is 1. The summed E-state index contributed by atoms with van der Waals surface area (Å²) in [6.07, 6.45) is 6.03. The quantitative estimate of drug-likeness (QED) is 0.638. The summed E-state index contributed by atoms with van der Waals surface area (Å²) in [5, 5.41) is 8.05. The molecule has 4 heterocycles. The van der Waals surface area contributed by atoms with E-state index in [1.165, 1.54) is 0 Å². The molecule has 1 saturated carbocycles. The van der Waals surface area contributed by atoms with Crippen molar-refractivity contribution in [3.8, 4) is 0 Å². The molecule has 0 radical (unpaired) electrons. The fourth-order valence-corrected chi connectivity index (χ4v) is 5.84. The molecule has 3 aliphatic heterocycles. The van der Waals surface area contributed by atoms with Crippen LogP contribution in [-0.4, -0.2) is 71.4 Å². The second-order valence-electron chi connectivity index (χ2n) is 10.9. The number of anilines is 1. The molecule has 0 unspecified atom stereocenters. The van der Waals surface area contributed by atoms with E-state index in [-0.39, 0.29) is 11.4 Å². The molecule has 35 heavy (non-hydrogen) atoms. The first-order valence-electron chi connectivity index (χ1n) is 13.0. The first-order valence-corrected chi connectivity index (χ1v) is 13.4. The standard InChI is InChI=1S/C26H34ClN5O3/c1-26(24-29-23(35-30-24)18-5-6-18)9-13-32(14-10-26)25(33)28-22-20(3-2-4-21(22)27)17-7-11-31(12-8-17)19-15-34-16-19/h2-4,17-19H,5-16H2,1H3,(H,28,33). The third kappa shape index (κ3) is 4.68. The van der Waals surface area contributed by atoms with Crippen LogP contribution in [0.4, 0.5) is 10.5 Å². The maximum Gasteiger partial charge on any atom is 0.321 e. The number of hydrogen-bond donors (Lipinski definition) is 1. The number of hydrogen-bond acceptors (Lipinski definition) is 6. The van der Waals surface area contributed by atoms with E-state index < -0.39 is 0 Å². The van der Waals surface area contributed by atoms with Gasteiger partial charge >= 0.3 is 6.03 Å². The minimum Gasteiger partial charge on any atom is -0.378 e. The molecule has 1 aliphatic carbocycles. The van der Waals surface area contributed by atoms with E-state index in [1.807, 2.05) is 17.0 Å². The van der Waals surface area contributed by atoms with Gasteiger partial charge in [-0.25, -0.2) is 4.79 Å². The fourth-order valence-electron chi connectivity index (χ4n) is 5.61. The van der Waals surface area contributed by atoms with Crippen LogP contribution in [0.2, 0.25) is 5.02 Å². The SMILES string of the molecule is CC1(c2noc(C3CC3)n2)CCN(C(=O)Nc2c(Cl)cccc2C2CCN(C3COC3)CC2)CC1. The van der Waals surface area contributed by atoms with Crippen LogP contribution in [0.25, 0.3) is 0 Å². The van der Waals surface area contributed by atoms with Gasteiger partial charge in [-0.3, -0.25) is 4.90 Å². The zero-order valence-electron chi connectivity index (χ0n) is 20.3. The Labute approximate surface area is 211 Å². The second kappa shape index (κ2) is 9.37. The molecule has 4 fully saturated rings. The average Bonchev–Trinajstić information content (AvgIpc) is 3.56. The first-order chi connectivity index (χ1) is 17.0. The molecule has 0 atom stereocenters. The maximum absolute atomic E-state index is 13.3. The van der Waals surface area contributed by atoms with E-state index >= 15 is 0 Å². The molecule has 188 valence electrons. The van der Waals surface area contributed by atoms with Crippen LogP contribution in [0.15, 0.2) is 22.7 Å². The zero-order valence-corrected chi connectivity index (χ0v) is 21.1. The Hall–Kier alpha value is -2.16. The van der Waals surface area contributed by atoms with Crippen LogP contribution in [-0.2, 0) is 10.2 Å². The summed E-state index contributed by atoms with van der Waals surface area (Å²) in [5.41, 5.74) is 1.75. The lowest BCUT2D eigenvalue weighted by Crippen LogP contribution is -2.51. The van der Waals surface area contributed by atoms with Crippen molar-refractivity contribution in [1.82, 2.24) is 19.9 Å². The number of piperidine rings is 2. The predicted molar refractivity (Wildman–Crippen MR) is 133 cm³/mol. The van der Waals surface area contributed by atoms with Gasteiger partial charge in [-0.05, 0) is 69.2 Å². The summed E-state index contributed by atoms with van der Waals surface area (Å²) < 4.78 is 10.9. The molecule has 1 N–H and O–H groups in total. The van der Waals surface area contributed by atoms with Crippen molar-refractivity contribution in [1.29, 1.82) is 0 Å². The lowest BCUT2D eigenvalue weighted by molar-refractivity contribution is -0.0712. The highest BCUT2D eigenvalue weighted by Crippen LogP contribution is 2.41. The molecular formula is C26H34ClN5O3. The topological polar surface area (TPSA) is 83.7 Å². The van der Waals surface area contributed by atoms with Crippen LogP contribution < -0.4 is 5.32 Å². The first kappa shape index (κ1) is 23.3. The van der Waals surface area contributed by atoms with Gasteiger partial charge < -0.3 is 19.5 Å². The summed E-state index contributed by atoms with van der Waals surface area (Å²) in [6, 6.07) is 6.47. The Kier molecular flexibility index (Phi) is 6.23. The molecular weight excluding hydrogens is 466 g/mol. The molecule has 4 aliphatic rings. The lowest BCUT2D eigenvalue weighted by Gasteiger charge is -2.41. The number of nitrogens with zero attached hydrogens (tertiary/aromatic N) is 4. The molecule has 2 amide bonds. The van der Waals surface area contributed by atoms with Crippen LogP contribution in [0.1, 0.15) is 74.6 Å².